The second kappa shape index (κ2) is 8.87. The first-order valence-corrected chi connectivity index (χ1v) is 8.96. The molecular weight excluding hydrogens is 374 g/mol. The molecule has 0 fully saturated rings. The molecule has 2 heterocycles. The Hall–Kier alpha value is -3.88. The van der Waals surface area contributed by atoms with Crippen LogP contribution in [0.15, 0.2) is 53.5 Å². The summed E-state index contributed by atoms with van der Waals surface area (Å²) in [5.74, 6) is -0.0946. The topological polar surface area (TPSA) is 118 Å². The van der Waals surface area contributed by atoms with Crippen LogP contribution in [0.25, 0.3) is 0 Å². The smallest absolute Gasteiger partial charge is 0.273 e. The van der Waals surface area contributed by atoms with Crippen molar-refractivity contribution in [2.45, 2.75) is 26.8 Å². The highest BCUT2D eigenvalue weighted by Gasteiger charge is 2.15. The van der Waals surface area contributed by atoms with E-state index in [1.807, 2.05) is 0 Å². The summed E-state index contributed by atoms with van der Waals surface area (Å²) in [6.45, 7) is 3.91. The Labute approximate surface area is 167 Å². The van der Waals surface area contributed by atoms with Crippen molar-refractivity contribution in [1.82, 2.24) is 20.4 Å². The number of benzene rings is 1. The maximum atomic E-state index is 12.3. The summed E-state index contributed by atoms with van der Waals surface area (Å²) in [5.41, 5.74) is 5.83. The zero-order valence-corrected chi connectivity index (χ0v) is 16.1. The lowest BCUT2D eigenvalue weighted by atomic mass is 10.2. The van der Waals surface area contributed by atoms with Gasteiger partial charge in [0, 0.05) is 36.6 Å². The molecule has 0 atom stereocenters. The van der Waals surface area contributed by atoms with E-state index >= 15 is 0 Å². The van der Waals surface area contributed by atoms with Crippen LogP contribution in [0.1, 0.15) is 38.7 Å². The van der Waals surface area contributed by atoms with Crippen molar-refractivity contribution in [3.8, 4) is 0 Å². The first kappa shape index (κ1) is 19.9. The van der Waals surface area contributed by atoms with Crippen LogP contribution in [0.4, 0.5) is 5.69 Å². The van der Waals surface area contributed by atoms with Gasteiger partial charge in [0.05, 0.1) is 11.9 Å². The van der Waals surface area contributed by atoms with Crippen molar-refractivity contribution in [3.63, 3.8) is 0 Å². The fourth-order valence-electron chi connectivity index (χ4n) is 2.72. The molecule has 9 nitrogen and oxygen atoms in total. The van der Waals surface area contributed by atoms with Crippen LogP contribution < -0.4 is 16.2 Å². The number of aromatic nitrogens is 2. The molecule has 9 heteroatoms. The Morgan fingerprint density at radius 1 is 1.10 bits per heavy atom. The molecule has 3 amide bonds. The second-order valence-corrected chi connectivity index (χ2v) is 6.41. The van der Waals surface area contributed by atoms with Crippen LogP contribution in [-0.4, -0.2) is 27.3 Å². The van der Waals surface area contributed by atoms with Gasteiger partial charge in [-0.15, -0.1) is 0 Å². The van der Waals surface area contributed by atoms with Crippen molar-refractivity contribution in [1.29, 1.82) is 0 Å². The highest BCUT2D eigenvalue weighted by molar-refractivity contribution is 6.00. The Kier molecular flexibility index (Phi) is 6.08. The third kappa shape index (κ3) is 5.32. The van der Waals surface area contributed by atoms with E-state index in [1.54, 1.807) is 61.4 Å². The maximum absolute atomic E-state index is 12.3. The molecule has 29 heavy (non-hydrogen) atoms. The highest BCUT2D eigenvalue weighted by Crippen LogP contribution is 2.13. The van der Waals surface area contributed by atoms with Gasteiger partial charge in [-0.25, -0.2) is 4.98 Å². The maximum Gasteiger partial charge on any atom is 0.273 e. The predicted octanol–water partition coefficient (Wildman–Crippen LogP) is 2.20. The van der Waals surface area contributed by atoms with Crippen LogP contribution in [0, 0.1) is 13.8 Å². The minimum absolute atomic E-state index is 0.185. The highest BCUT2D eigenvalue weighted by atomic mass is 16.3. The summed E-state index contributed by atoms with van der Waals surface area (Å²) >= 11 is 0. The number of carbonyl (C=O) groups is 3. The number of nitrogens with one attached hydrogen (secondary N) is 3. The number of carbonyl (C=O) groups excluding carboxylic acids is 3. The molecule has 0 radical (unpaired) electrons. The summed E-state index contributed by atoms with van der Waals surface area (Å²) in [6.07, 6.45) is 5.33. The van der Waals surface area contributed by atoms with E-state index in [0.717, 1.165) is 0 Å². The zero-order chi connectivity index (χ0) is 20.8. The van der Waals surface area contributed by atoms with Crippen molar-refractivity contribution < 1.29 is 18.8 Å². The molecule has 0 unspecified atom stereocenters. The molecule has 1 aromatic carbocycles. The van der Waals surface area contributed by atoms with E-state index < -0.39 is 11.8 Å². The number of hydrogen-bond acceptors (Lipinski definition) is 5. The van der Waals surface area contributed by atoms with Gasteiger partial charge in [-0.3, -0.25) is 25.2 Å². The molecule has 0 aliphatic carbocycles. The molecule has 0 spiro atoms. The normalized spacial score (nSPS) is 10.4. The number of hydrazine groups is 1. The summed E-state index contributed by atoms with van der Waals surface area (Å²) in [5, 5.41) is 2.75. The monoisotopic (exact) mass is 395 g/mol. The quantitative estimate of drug-likeness (QED) is 0.553. The van der Waals surface area contributed by atoms with E-state index in [-0.39, 0.29) is 17.9 Å². The van der Waals surface area contributed by atoms with E-state index in [2.05, 4.69) is 21.2 Å². The minimum Gasteiger partial charge on any atom is -0.466 e. The fourth-order valence-corrected chi connectivity index (χ4v) is 2.72. The first-order chi connectivity index (χ1) is 13.9. The molecule has 0 aliphatic rings. The van der Waals surface area contributed by atoms with Gasteiger partial charge in [0.1, 0.15) is 11.5 Å². The summed E-state index contributed by atoms with van der Waals surface area (Å²) in [7, 11) is 0. The van der Waals surface area contributed by atoms with Crippen molar-refractivity contribution in [3.05, 3.63) is 71.7 Å². The SMILES string of the molecule is Cc1cc(C(=O)NNC(=O)c2cccc(NC(=O)CCn3ccnc3)c2)c(C)o1. The lowest BCUT2D eigenvalue weighted by Crippen LogP contribution is -2.41. The molecule has 0 saturated heterocycles. The number of anilines is 1. The van der Waals surface area contributed by atoms with E-state index in [0.29, 0.717) is 29.3 Å². The molecule has 0 saturated carbocycles. The molecule has 0 bridgehead atoms. The number of imidazole rings is 1. The number of rotatable bonds is 6. The third-order valence-corrected chi connectivity index (χ3v) is 4.14. The molecule has 3 rings (SSSR count). The minimum atomic E-state index is -0.509. The number of hydrogen-bond donors (Lipinski definition) is 3. The number of aryl methyl sites for hydroxylation is 3. The lowest BCUT2D eigenvalue weighted by molar-refractivity contribution is -0.116. The van der Waals surface area contributed by atoms with E-state index in [1.165, 1.54) is 6.07 Å². The van der Waals surface area contributed by atoms with Crippen LogP contribution in [0.5, 0.6) is 0 Å². The number of nitrogens with zero attached hydrogens (tertiary/aromatic N) is 2. The van der Waals surface area contributed by atoms with Crippen LogP contribution in [0.2, 0.25) is 0 Å². The van der Waals surface area contributed by atoms with Gasteiger partial charge >= 0.3 is 0 Å². The van der Waals surface area contributed by atoms with Crippen LogP contribution in [0.3, 0.4) is 0 Å². The van der Waals surface area contributed by atoms with Gasteiger partial charge in [0.25, 0.3) is 11.8 Å². The predicted molar refractivity (Wildman–Crippen MR) is 105 cm³/mol. The number of furan rings is 1. The molecule has 3 aromatic rings. The van der Waals surface area contributed by atoms with Gasteiger partial charge in [-0.2, -0.15) is 0 Å². The Morgan fingerprint density at radius 2 is 1.90 bits per heavy atom. The van der Waals surface area contributed by atoms with Crippen molar-refractivity contribution in [2.75, 3.05) is 5.32 Å². The summed E-state index contributed by atoms with van der Waals surface area (Å²) in [6, 6.07) is 8.03. The largest absolute Gasteiger partial charge is 0.466 e. The second-order valence-electron chi connectivity index (χ2n) is 6.41. The molecule has 3 N–H and O–H groups in total. The van der Waals surface area contributed by atoms with Gasteiger partial charge in [0.15, 0.2) is 0 Å². The Morgan fingerprint density at radius 3 is 2.59 bits per heavy atom. The van der Waals surface area contributed by atoms with Crippen molar-refractivity contribution in [2.24, 2.45) is 0 Å². The van der Waals surface area contributed by atoms with Gasteiger partial charge in [0.2, 0.25) is 5.91 Å². The Balaban J connectivity index is 1.54. The Bertz CT molecular complexity index is 1020. The molecule has 0 aliphatic heterocycles. The molecule has 2 aromatic heterocycles. The van der Waals surface area contributed by atoms with Crippen LogP contribution >= 0.6 is 0 Å². The summed E-state index contributed by atoms with van der Waals surface area (Å²) < 4.78 is 7.11. The van der Waals surface area contributed by atoms with Crippen molar-refractivity contribution >= 4 is 23.4 Å². The zero-order valence-electron chi connectivity index (χ0n) is 16.1. The molecular formula is C20H21N5O4. The standard InChI is InChI=1S/C20H21N5O4/c1-13-10-17(14(2)29-13)20(28)24-23-19(27)15-4-3-5-16(11-15)22-18(26)6-8-25-9-7-21-12-25/h3-5,7,9-12H,6,8H2,1-2H3,(H,22,26)(H,23,27)(H,24,28). The van der Waals surface area contributed by atoms with Gasteiger partial charge in [-0.1, -0.05) is 6.07 Å². The lowest BCUT2D eigenvalue weighted by Gasteiger charge is -2.09. The third-order valence-electron chi connectivity index (χ3n) is 4.14. The molecule has 150 valence electrons. The average Bonchev–Trinajstić information content (AvgIpc) is 3.33. The first-order valence-electron chi connectivity index (χ1n) is 8.96. The van der Waals surface area contributed by atoms with E-state index in [4.69, 9.17) is 4.42 Å². The average molecular weight is 395 g/mol. The number of amides is 3. The summed E-state index contributed by atoms with van der Waals surface area (Å²) in [4.78, 5) is 40.5. The van der Waals surface area contributed by atoms with E-state index in [9.17, 15) is 14.4 Å². The van der Waals surface area contributed by atoms with Gasteiger partial charge < -0.3 is 14.3 Å². The fraction of sp³-hybridized carbons (Fsp3) is 0.200. The van der Waals surface area contributed by atoms with Crippen LogP contribution in [-0.2, 0) is 11.3 Å². The van der Waals surface area contributed by atoms with Gasteiger partial charge in [-0.05, 0) is 38.1 Å².